The number of anilines is 1. The second kappa shape index (κ2) is 6.58. The van der Waals surface area contributed by atoms with Gasteiger partial charge in [0.2, 0.25) is 15.9 Å². The van der Waals surface area contributed by atoms with Crippen LogP contribution >= 0.6 is 0 Å². The van der Waals surface area contributed by atoms with Gasteiger partial charge in [0.15, 0.2) is 9.84 Å². The Morgan fingerprint density at radius 3 is 2.48 bits per heavy atom. The Morgan fingerprint density at radius 1 is 1.36 bits per heavy atom. The van der Waals surface area contributed by atoms with Crippen LogP contribution in [0.1, 0.15) is 20.3 Å². The number of hydrogen-bond donors (Lipinski definition) is 1. The number of ether oxygens (including phenoxy) is 1. The number of sulfonamides is 1. The van der Waals surface area contributed by atoms with Gasteiger partial charge >= 0.3 is 0 Å². The monoisotopic (exact) mass is 390 g/mol. The molecular weight excluding hydrogens is 368 g/mol. The van der Waals surface area contributed by atoms with Gasteiger partial charge in [-0.25, -0.2) is 16.8 Å². The fourth-order valence-corrected chi connectivity index (χ4v) is 6.81. The normalized spacial score (nSPS) is 22.8. The summed E-state index contributed by atoms with van der Waals surface area (Å²) in [6, 6.07) is 4.28. The average Bonchev–Trinajstić information content (AvgIpc) is 2.80. The van der Waals surface area contributed by atoms with Crippen LogP contribution < -0.4 is 10.1 Å². The minimum Gasteiger partial charge on any atom is -0.495 e. The highest BCUT2D eigenvalue weighted by molar-refractivity contribution is 7.92. The predicted molar refractivity (Wildman–Crippen MR) is 93.9 cm³/mol. The minimum atomic E-state index is -4.04. The maximum Gasteiger partial charge on any atom is 0.247 e. The molecule has 2 rings (SSSR count). The molecule has 8 nitrogen and oxygen atoms in total. The van der Waals surface area contributed by atoms with Crippen LogP contribution in [0.2, 0.25) is 0 Å². The summed E-state index contributed by atoms with van der Waals surface area (Å²) < 4.78 is 56.0. The molecule has 1 heterocycles. The van der Waals surface area contributed by atoms with E-state index in [-0.39, 0.29) is 34.5 Å². The molecule has 25 heavy (non-hydrogen) atoms. The summed E-state index contributed by atoms with van der Waals surface area (Å²) in [4.78, 5) is 11.1. The third kappa shape index (κ3) is 3.96. The molecule has 1 aliphatic rings. The zero-order chi connectivity index (χ0) is 19.0. The number of methoxy groups -OCH3 is 1. The molecule has 0 radical (unpaired) electrons. The molecule has 1 fully saturated rings. The van der Waals surface area contributed by atoms with E-state index < -0.39 is 25.4 Å². The molecule has 1 atom stereocenters. The molecule has 140 valence electrons. The number of sulfone groups is 1. The Kier molecular flexibility index (Phi) is 5.18. The summed E-state index contributed by atoms with van der Waals surface area (Å²) >= 11 is 0. The fourth-order valence-electron chi connectivity index (χ4n) is 2.84. The van der Waals surface area contributed by atoms with Crippen molar-refractivity contribution in [2.24, 2.45) is 0 Å². The van der Waals surface area contributed by atoms with Crippen molar-refractivity contribution < 1.29 is 26.4 Å². The lowest BCUT2D eigenvalue weighted by Crippen LogP contribution is -2.48. The zero-order valence-corrected chi connectivity index (χ0v) is 16.2. The van der Waals surface area contributed by atoms with Crippen molar-refractivity contribution >= 4 is 31.5 Å². The smallest absolute Gasteiger partial charge is 0.247 e. The number of nitrogens with zero attached hydrogens (tertiary/aromatic N) is 1. The van der Waals surface area contributed by atoms with E-state index >= 15 is 0 Å². The first-order valence-corrected chi connectivity index (χ1v) is 10.8. The Labute approximate surface area is 148 Å². The van der Waals surface area contributed by atoms with Crippen molar-refractivity contribution in [2.45, 2.75) is 30.7 Å². The zero-order valence-electron chi connectivity index (χ0n) is 14.6. The SMILES string of the molecule is COc1ccc(NC(C)=O)cc1S(=O)(=O)N(C)[C@]1(C)CCS(=O)(=O)C1. The summed E-state index contributed by atoms with van der Waals surface area (Å²) in [7, 11) is -4.61. The fraction of sp³-hybridized carbons (Fsp3) is 0.533. The van der Waals surface area contributed by atoms with Gasteiger partial charge in [-0.05, 0) is 31.5 Å². The van der Waals surface area contributed by atoms with Gasteiger partial charge in [-0.2, -0.15) is 4.31 Å². The quantitative estimate of drug-likeness (QED) is 0.798. The first-order valence-electron chi connectivity index (χ1n) is 7.56. The van der Waals surface area contributed by atoms with Gasteiger partial charge in [0, 0.05) is 25.2 Å². The van der Waals surface area contributed by atoms with Crippen LogP contribution in [0, 0.1) is 0 Å². The van der Waals surface area contributed by atoms with Crippen molar-refractivity contribution in [3.63, 3.8) is 0 Å². The van der Waals surface area contributed by atoms with E-state index in [4.69, 9.17) is 4.74 Å². The van der Waals surface area contributed by atoms with E-state index in [9.17, 15) is 21.6 Å². The number of carbonyl (C=O) groups is 1. The number of benzene rings is 1. The highest BCUT2D eigenvalue weighted by Crippen LogP contribution is 2.36. The van der Waals surface area contributed by atoms with E-state index in [1.165, 1.54) is 39.3 Å². The highest BCUT2D eigenvalue weighted by atomic mass is 32.2. The van der Waals surface area contributed by atoms with E-state index in [0.29, 0.717) is 5.69 Å². The van der Waals surface area contributed by atoms with Crippen molar-refractivity contribution in [2.75, 3.05) is 31.0 Å². The second-order valence-electron chi connectivity index (χ2n) is 6.36. The molecule has 1 aromatic rings. The predicted octanol–water partition coefficient (Wildman–Crippen LogP) is 0.851. The Balaban J connectivity index is 2.49. The number of nitrogens with one attached hydrogen (secondary N) is 1. The molecule has 10 heteroatoms. The van der Waals surface area contributed by atoms with Crippen LogP contribution in [0.25, 0.3) is 0 Å². The van der Waals surface area contributed by atoms with Crippen molar-refractivity contribution in [1.82, 2.24) is 4.31 Å². The topological polar surface area (TPSA) is 110 Å². The number of rotatable bonds is 5. The van der Waals surface area contributed by atoms with Crippen LogP contribution in [0.5, 0.6) is 5.75 Å². The van der Waals surface area contributed by atoms with Gasteiger partial charge in [0.1, 0.15) is 10.6 Å². The minimum absolute atomic E-state index is 0.0492. The summed E-state index contributed by atoms with van der Waals surface area (Å²) in [5.41, 5.74) is -0.725. The van der Waals surface area contributed by atoms with Crippen LogP contribution in [0.3, 0.4) is 0 Å². The maximum absolute atomic E-state index is 13.1. The molecular formula is C15H22N2O6S2. The highest BCUT2D eigenvalue weighted by Gasteiger charge is 2.46. The molecule has 0 aliphatic carbocycles. The average molecular weight is 390 g/mol. The van der Waals surface area contributed by atoms with E-state index in [2.05, 4.69) is 5.32 Å². The first-order chi connectivity index (χ1) is 11.4. The number of hydrogen-bond acceptors (Lipinski definition) is 6. The van der Waals surface area contributed by atoms with Crippen LogP contribution in [0.15, 0.2) is 23.1 Å². The van der Waals surface area contributed by atoms with Crippen molar-refractivity contribution in [1.29, 1.82) is 0 Å². The number of amides is 1. The molecule has 1 amide bonds. The second-order valence-corrected chi connectivity index (χ2v) is 10.5. The van der Waals surface area contributed by atoms with Gasteiger partial charge in [0.05, 0.1) is 18.6 Å². The first kappa shape index (κ1) is 19.7. The van der Waals surface area contributed by atoms with E-state index in [0.717, 1.165) is 4.31 Å². The molecule has 1 N–H and O–H groups in total. The molecule has 1 saturated heterocycles. The molecule has 0 unspecified atom stereocenters. The van der Waals surface area contributed by atoms with Crippen LogP contribution in [-0.2, 0) is 24.7 Å². The van der Waals surface area contributed by atoms with Crippen molar-refractivity contribution in [3.05, 3.63) is 18.2 Å². The molecule has 1 aromatic carbocycles. The molecule has 0 spiro atoms. The summed E-state index contributed by atoms with van der Waals surface area (Å²) in [6.07, 6.45) is 0.221. The van der Waals surface area contributed by atoms with Crippen LogP contribution in [-0.4, -0.2) is 58.3 Å². The molecule has 0 bridgehead atoms. The Morgan fingerprint density at radius 2 is 2.00 bits per heavy atom. The number of carbonyl (C=O) groups excluding carboxylic acids is 1. The van der Waals surface area contributed by atoms with Crippen LogP contribution in [0.4, 0.5) is 5.69 Å². The summed E-state index contributed by atoms with van der Waals surface area (Å²) in [6.45, 7) is 2.92. The van der Waals surface area contributed by atoms with Gasteiger partial charge < -0.3 is 10.1 Å². The third-order valence-electron chi connectivity index (χ3n) is 4.37. The molecule has 0 aromatic heterocycles. The lowest BCUT2D eigenvalue weighted by atomic mass is 10.0. The molecule has 0 saturated carbocycles. The summed E-state index contributed by atoms with van der Waals surface area (Å²) in [5, 5.41) is 2.53. The maximum atomic E-state index is 13.1. The van der Waals surface area contributed by atoms with Gasteiger partial charge in [-0.1, -0.05) is 0 Å². The Bertz CT molecular complexity index is 895. The lowest BCUT2D eigenvalue weighted by molar-refractivity contribution is -0.114. The third-order valence-corrected chi connectivity index (χ3v) is 8.29. The van der Waals surface area contributed by atoms with Gasteiger partial charge in [-0.3, -0.25) is 4.79 Å². The van der Waals surface area contributed by atoms with Gasteiger partial charge in [0.25, 0.3) is 0 Å². The van der Waals surface area contributed by atoms with E-state index in [1.54, 1.807) is 6.92 Å². The lowest BCUT2D eigenvalue weighted by Gasteiger charge is -2.33. The standard InChI is InChI=1S/C15H22N2O6S2/c1-11(18)16-12-5-6-13(23-4)14(9-12)25(21,22)17(3)15(2)7-8-24(19,20)10-15/h5-6,9H,7-8,10H2,1-4H3,(H,16,18)/t15-/m1/s1. The van der Waals surface area contributed by atoms with E-state index in [1.807, 2.05) is 0 Å². The molecule has 1 aliphatic heterocycles. The Hall–Kier alpha value is -1.65. The van der Waals surface area contributed by atoms with Crippen molar-refractivity contribution in [3.8, 4) is 5.75 Å². The summed E-state index contributed by atoms with van der Waals surface area (Å²) in [5.74, 6) is -0.503. The van der Waals surface area contributed by atoms with Gasteiger partial charge in [-0.15, -0.1) is 0 Å². The largest absolute Gasteiger partial charge is 0.495 e.